The number of carbonyl (C=O) groups is 1. The molecule has 1 N–H and O–H groups in total. The summed E-state index contributed by atoms with van der Waals surface area (Å²) in [6.07, 6.45) is 9.28. The summed E-state index contributed by atoms with van der Waals surface area (Å²) in [7, 11) is 2.07. The average Bonchev–Trinajstić information content (AvgIpc) is 3.31. The number of likely N-dealkylation sites (N-methyl/N-ethyl adjacent to an activating group) is 1. The molecule has 0 unspecified atom stereocenters. The van der Waals surface area contributed by atoms with Crippen LogP contribution in [-0.4, -0.2) is 35.3 Å². The number of rotatable bonds is 7. The molecular weight excluding hydrogens is 420 g/mol. The molecule has 4 bridgehead atoms. The Balaban J connectivity index is 1.26. The van der Waals surface area contributed by atoms with Gasteiger partial charge in [0.1, 0.15) is 11.4 Å². The number of nitrogens with zero attached hydrogens (tertiary/aromatic N) is 3. The minimum absolute atomic E-state index is 0.0289. The Kier molecular flexibility index (Phi) is 5.64. The van der Waals surface area contributed by atoms with Gasteiger partial charge in [-0.2, -0.15) is 5.10 Å². The first kappa shape index (κ1) is 21.5. The summed E-state index contributed by atoms with van der Waals surface area (Å²) in [6, 6.07) is 20.9. The quantitative estimate of drug-likeness (QED) is 0.540. The van der Waals surface area contributed by atoms with Gasteiger partial charge in [0.15, 0.2) is 0 Å². The molecule has 0 atom stereocenters. The van der Waals surface area contributed by atoms with Crippen molar-refractivity contribution >= 4 is 11.7 Å². The second-order valence-electron chi connectivity index (χ2n) is 10.7. The fourth-order valence-corrected chi connectivity index (χ4v) is 7.06. The highest BCUT2D eigenvalue weighted by molar-refractivity contribution is 5.99. The van der Waals surface area contributed by atoms with Gasteiger partial charge in [0.25, 0.3) is 5.91 Å². The number of aromatic nitrogens is 2. The van der Waals surface area contributed by atoms with E-state index in [2.05, 4.69) is 46.6 Å². The fourth-order valence-electron chi connectivity index (χ4n) is 7.06. The second kappa shape index (κ2) is 8.94. The lowest BCUT2D eigenvalue weighted by molar-refractivity contribution is -0.0119. The van der Waals surface area contributed by atoms with E-state index in [1.54, 1.807) is 6.20 Å². The predicted octanol–water partition coefficient (Wildman–Crippen LogP) is 5.11. The van der Waals surface area contributed by atoms with E-state index < -0.39 is 0 Å². The van der Waals surface area contributed by atoms with Crippen molar-refractivity contribution in [3.8, 4) is 5.69 Å². The van der Waals surface area contributed by atoms with Crippen LogP contribution in [0.3, 0.4) is 0 Å². The van der Waals surface area contributed by atoms with E-state index in [1.807, 2.05) is 41.1 Å². The molecule has 7 rings (SSSR count). The minimum Gasteiger partial charge on any atom is -0.359 e. The lowest BCUT2D eigenvalue weighted by Gasteiger charge is -2.54. The number of nitrogens with one attached hydrogen (secondary N) is 1. The number of para-hydroxylation sites is 1. The molecule has 5 nitrogen and oxygen atoms in total. The van der Waals surface area contributed by atoms with Crippen LogP contribution in [-0.2, 0) is 6.42 Å². The highest BCUT2D eigenvalue weighted by atomic mass is 16.1. The maximum absolute atomic E-state index is 13.7. The number of hydrogen-bond acceptors (Lipinski definition) is 3. The van der Waals surface area contributed by atoms with Gasteiger partial charge in [-0.1, -0.05) is 48.5 Å². The first-order valence-electron chi connectivity index (χ1n) is 12.8. The third-order valence-corrected chi connectivity index (χ3v) is 8.45. The Labute approximate surface area is 202 Å². The zero-order chi connectivity index (χ0) is 23.1. The Morgan fingerprint density at radius 3 is 2.21 bits per heavy atom. The zero-order valence-electron chi connectivity index (χ0n) is 19.9. The van der Waals surface area contributed by atoms with Gasteiger partial charge in [0.2, 0.25) is 0 Å². The van der Waals surface area contributed by atoms with Gasteiger partial charge >= 0.3 is 0 Å². The van der Waals surface area contributed by atoms with Crippen LogP contribution >= 0.6 is 0 Å². The monoisotopic (exact) mass is 454 g/mol. The number of hydrogen-bond donors (Lipinski definition) is 1. The lowest BCUT2D eigenvalue weighted by atomic mass is 9.54. The highest BCUT2D eigenvalue weighted by Gasteiger charge is 2.48. The van der Waals surface area contributed by atoms with E-state index in [9.17, 15) is 4.79 Å². The third-order valence-electron chi connectivity index (χ3n) is 8.45. The van der Waals surface area contributed by atoms with Gasteiger partial charge in [-0.3, -0.25) is 4.79 Å². The smallest absolute Gasteiger partial charge is 0.256 e. The molecule has 5 heteroatoms. The van der Waals surface area contributed by atoms with Crippen LogP contribution in [0.15, 0.2) is 66.9 Å². The first-order chi connectivity index (χ1) is 16.7. The van der Waals surface area contributed by atoms with Crippen LogP contribution in [0.2, 0.25) is 0 Å². The number of benzene rings is 2. The number of amides is 1. The molecular formula is C29H34N4O. The first-order valence-corrected chi connectivity index (χ1v) is 12.8. The summed E-state index contributed by atoms with van der Waals surface area (Å²) in [5.41, 5.74) is 2.94. The molecule has 34 heavy (non-hydrogen) atoms. The minimum atomic E-state index is 0.0289. The average molecular weight is 455 g/mol. The molecule has 0 aliphatic heterocycles. The molecule has 4 saturated carbocycles. The maximum Gasteiger partial charge on any atom is 0.256 e. The van der Waals surface area contributed by atoms with Gasteiger partial charge in [-0.05, 0) is 79.9 Å². The summed E-state index contributed by atoms with van der Waals surface area (Å²) >= 11 is 0. The van der Waals surface area contributed by atoms with Crippen molar-refractivity contribution in [1.29, 1.82) is 0 Å². The third kappa shape index (κ3) is 4.02. The van der Waals surface area contributed by atoms with Gasteiger partial charge in [-0.15, -0.1) is 0 Å². The molecule has 0 radical (unpaired) electrons. The van der Waals surface area contributed by atoms with Crippen molar-refractivity contribution < 1.29 is 4.79 Å². The Morgan fingerprint density at radius 1 is 0.941 bits per heavy atom. The van der Waals surface area contributed by atoms with Gasteiger partial charge in [0.05, 0.1) is 11.9 Å². The standard InChI is InChI=1S/C29H34N4O/c1-32(13-12-20-8-4-2-5-9-20)29-26(19-30-33(29)25-10-6-3-7-11-25)28(34)31-27-23-15-21-14-22(17-23)18-24(27)16-21/h2-11,19,21-24,27H,12-18H2,1H3,(H,31,34). The molecule has 4 aliphatic carbocycles. The predicted molar refractivity (Wildman–Crippen MR) is 135 cm³/mol. The van der Waals surface area contributed by atoms with E-state index in [0.29, 0.717) is 23.4 Å². The van der Waals surface area contributed by atoms with Gasteiger partial charge in [0, 0.05) is 19.6 Å². The topological polar surface area (TPSA) is 50.2 Å². The lowest BCUT2D eigenvalue weighted by Crippen LogP contribution is -2.55. The van der Waals surface area contributed by atoms with Crippen molar-refractivity contribution in [3.05, 3.63) is 78.0 Å². The van der Waals surface area contributed by atoms with E-state index in [4.69, 9.17) is 0 Å². The Hall–Kier alpha value is -3.08. The largest absolute Gasteiger partial charge is 0.359 e. The van der Waals surface area contributed by atoms with Crippen LogP contribution in [0.1, 0.15) is 48.0 Å². The van der Waals surface area contributed by atoms with E-state index in [1.165, 1.54) is 37.7 Å². The molecule has 0 saturated heterocycles. The van der Waals surface area contributed by atoms with E-state index in [-0.39, 0.29) is 5.91 Å². The molecule has 176 valence electrons. The number of anilines is 1. The van der Waals surface area contributed by atoms with Crippen LogP contribution in [0.5, 0.6) is 0 Å². The normalized spacial score (nSPS) is 27.0. The SMILES string of the molecule is CN(CCc1ccccc1)c1c(C(=O)NC2C3CC4CC(C3)CC2C4)cnn1-c1ccccc1. The summed E-state index contributed by atoms with van der Waals surface area (Å²) in [6.45, 7) is 0.806. The van der Waals surface area contributed by atoms with Crippen molar-refractivity contribution in [2.24, 2.45) is 23.7 Å². The molecule has 4 aliphatic rings. The van der Waals surface area contributed by atoms with Crippen molar-refractivity contribution in [3.63, 3.8) is 0 Å². The van der Waals surface area contributed by atoms with Crippen LogP contribution in [0, 0.1) is 23.7 Å². The molecule has 1 heterocycles. The second-order valence-corrected chi connectivity index (χ2v) is 10.7. The number of carbonyl (C=O) groups excluding carboxylic acids is 1. The van der Waals surface area contributed by atoms with Crippen molar-refractivity contribution in [2.75, 3.05) is 18.5 Å². The summed E-state index contributed by atoms with van der Waals surface area (Å²) in [4.78, 5) is 15.9. The highest BCUT2D eigenvalue weighted by Crippen LogP contribution is 2.53. The van der Waals surface area contributed by atoms with E-state index >= 15 is 0 Å². The van der Waals surface area contributed by atoms with E-state index in [0.717, 1.165) is 36.3 Å². The molecule has 1 aromatic heterocycles. The van der Waals surface area contributed by atoms with Crippen LogP contribution < -0.4 is 10.2 Å². The Bertz CT molecular complexity index is 1110. The van der Waals surface area contributed by atoms with Crippen molar-refractivity contribution in [1.82, 2.24) is 15.1 Å². The molecule has 3 aromatic rings. The fraction of sp³-hybridized carbons (Fsp3) is 0.448. The molecule has 0 spiro atoms. The molecule has 4 fully saturated rings. The van der Waals surface area contributed by atoms with Crippen LogP contribution in [0.4, 0.5) is 5.82 Å². The van der Waals surface area contributed by atoms with Crippen LogP contribution in [0.25, 0.3) is 5.69 Å². The molecule has 2 aromatic carbocycles. The summed E-state index contributed by atoms with van der Waals surface area (Å²) < 4.78 is 1.91. The van der Waals surface area contributed by atoms with Gasteiger partial charge < -0.3 is 10.2 Å². The Morgan fingerprint density at radius 2 is 1.56 bits per heavy atom. The summed E-state index contributed by atoms with van der Waals surface area (Å²) in [5.74, 6) is 4.00. The zero-order valence-corrected chi connectivity index (χ0v) is 19.9. The molecule has 1 amide bonds. The summed E-state index contributed by atoms with van der Waals surface area (Å²) in [5, 5.41) is 8.18. The van der Waals surface area contributed by atoms with Crippen molar-refractivity contribution in [2.45, 2.75) is 44.6 Å². The maximum atomic E-state index is 13.7. The van der Waals surface area contributed by atoms with Gasteiger partial charge in [-0.25, -0.2) is 4.68 Å².